The molecule has 0 aliphatic heterocycles. The second-order valence-corrected chi connectivity index (χ2v) is 11.5. The average Bonchev–Trinajstić information content (AvgIpc) is 1.86. The van der Waals surface area contributed by atoms with E-state index in [4.69, 9.17) is 0 Å². The second kappa shape index (κ2) is 3.76. The van der Waals surface area contributed by atoms with Gasteiger partial charge in [-0.25, -0.2) is 0 Å². The van der Waals surface area contributed by atoms with Crippen molar-refractivity contribution in [3.05, 3.63) is 0 Å². The molecule has 11 heavy (non-hydrogen) atoms. The Balaban J connectivity index is 2.36. The van der Waals surface area contributed by atoms with Crippen LogP contribution in [0.15, 0.2) is 0 Å². The van der Waals surface area contributed by atoms with Crippen LogP contribution in [-0.4, -0.2) is 0 Å². The number of rotatable bonds is 1. The van der Waals surface area contributed by atoms with Gasteiger partial charge in [0.25, 0.3) is 0 Å². The van der Waals surface area contributed by atoms with Crippen molar-refractivity contribution in [2.75, 3.05) is 0 Å². The third kappa shape index (κ3) is 3.04. The van der Waals surface area contributed by atoms with Crippen molar-refractivity contribution in [3.8, 4) is 0 Å². The molecule has 0 spiro atoms. The molecule has 0 saturated heterocycles. The van der Waals surface area contributed by atoms with Gasteiger partial charge in [0, 0.05) is 0 Å². The summed E-state index contributed by atoms with van der Waals surface area (Å²) in [5.41, 5.74) is 0. The molecule has 1 aliphatic rings. The molecule has 0 aromatic rings. The van der Waals surface area contributed by atoms with Crippen LogP contribution in [0.4, 0.5) is 0 Å². The van der Waals surface area contributed by atoms with Crippen molar-refractivity contribution < 1.29 is 26.1 Å². The van der Waals surface area contributed by atoms with Crippen molar-refractivity contribution in [1.82, 2.24) is 0 Å². The van der Waals surface area contributed by atoms with Gasteiger partial charge in [-0.15, -0.1) is 0 Å². The molecule has 0 N–H and O–H groups in total. The van der Waals surface area contributed by atoms with Crippen molar-refractivity contribution >= 4 is 0 Å². The molecule has 0 atom stereocenters. The quantitative estimate of drug-likeness (QED) is 0.641. The van der Waals surface area contributed by atoms with Crippen LogP contribution in [0.1, 0.15) is 46.5 Å². The number of hydrogen-bond acceptors (Lipinski definition) is 0. The first-order valence-corrected chi connectivity index (χ1v) is 7.61. The van der Waals surface area contributed by atoms with Crippen LogP contribution in [0.2, 0.25) is 2.92 Å². The standard InChI is InChI=1S/C10H19.Hg/c1-8(2)10-6-4-9(3)5-7-10;/h8,10H,4-7H2,1-3H3;. The van der Waals surface area contributed by atoms with E-state index in [2.05, 4.69) is 20.8 Å². The molecule has 0 radical (unpaired) electrons. The summed E-state index contributed by atoms with van der Waals surface area (Å²) in [5.74, 6) is 1.98. The molecule has 0 aromatic carbocycles. The van der Waals surface area contributed by atoms with E-state index in [1.807, 2.05) is 0 Å². The van der Waals surface area contributed by atoms with Gasteiger partial charge in [0.05, 0.1) is 0 Å². The van der Waals surface area contributed by atoms with Gasteiger partial charge < -0.3 is 0 Å². The monoisotopic (exact) mass is 341 g/mol. The van der Waals surface area contributed by atoms with E-state index < -0.39 is 0 Å². The van der Waals surface area contributed by atoms with Crippen LogP contribution in [0, 0.1) is 11.8 Å². The molecule has 0 aromatic heterocycles. The average molecular weight is 340 g/mol. The molecular formula is C10H19Hg. The fourth-order valence-electron chi connectivity index (χ4n) is 2.00. The Bertz CT molecular complexity index is 117. The minimum absolute atomic E-state index is 0.839. The van der Waals surface area contributed by atoms with Gasteiger partial charge in [0.15, 0.2) is 0 Å². The third-order valence-electron chi connectivity index (χ3n) is 3.18. The summed E-state index contributed by atoms with van der Waals surface area (Å²) in [6.07, 6.45) is 6.08. The van der Waals surface area contributed by atoms with Gasteiger partial charge >= 0.3 is 87.3 Å². The van der Waals surface area contributed by atoms with E-state index in [0.717, 1.165) is 40.9 Å². The molecule has 1 heteroatoms. The SMILES string of the molecule is CC(C)C1CC[C](C)([Hg])CC1. The van der Waals surface area contributed by atoms with Crippen molar-refractivity contribution in [1.29, 1.82) is 0 Å². The number of hydrogen-bond donors (Lipinski definition) is 0. The fourth-order valence-corrected chi connectivity index (χ4v) is 3.59. The molecule has 61 valence electrons. The van der Waals surface area contributed by atoms with E-state index >= 15 is 0 Å². The maximum atomic E-state index is 2.49. The maximum absolute atomic E-state index is 2.49. The Hall–Kier alpha value is 0.935. The summed E-state index contributed by atoms with van der Waals surface area (Å²) < 4.78 is 0.839. The molecule has 1 fully saturated rings. The molecule has 0 nitrogen and oxygen atoms in total. The van der Waals surface area contributed by atoms with Crippen LogP contribution in [0.25, 0.3) is 0 Å². The first kappa shape index (κ1) is 10.0. The van der Waals surface area contributed by atoms with Gasteiger partial charge in [-0.3, -0.25) is 0 Å². The van der Waals surface area contributed by atoms with E-state index in [-0.39, 0.29) is 0 Å². The molecule has 1 saturated carbocycles. The van der Waals surface area contributed by atoms with Gasteiger partial charge in [-0.05, 0) is 0 Å². The summed E-state index contributed by atoms with van der Waals surface area (Å²) in [5, 5.41) is 0. The zero-order chi connectivity index (χ0) is 8.48. The van der Waals surface area contributed by atoms with Crippen molar-refractivity contribution in [2.45, 2.75) is 49.4 Å². The van der Waals surface area contributed by atoms with Crippen LogP contribution in [0.5, 0.6) is 0 Å². The zero-order valence-corrected chi connectivity index (χ0v) is 13.7. The molecule has 0 amide bonds. The summed E-state index contributed by atoms with van der Waals surface area (Å²) in [7, 11) is 0. The minimum atomic E-state index is 0.839. The van der Waals surface area contributed by atoms with Crippen molar-refractivity contribution in [2.24, 2.45) is 11.8 Å². The fraction of sp³-hybridized carbons (Fsp3) is 1.00. The summed E-state index contributed by atoms with van der Waals surface area (Å²) in [6.45, 7) is 7.25. The van der Waals surface area contributed by atoms with Crippen LogP contribution >= 0.6 is 0 Å². The van der Waals surface area contributed by atoms with E-state index in [1.165, 1.54) is 25.7 Å². The summed E-state index contributed by atoms with van der Waals surface area (Å²) in [6, 6.07) is 0. The second-order valence-electron chi connectivity index (χ2n) is 4.89. The Morgan fingerprint density at radius 1 is 1.27 bits per heavy atom. The third-order valence-corrected chi connectivity index (χ3v) is 5.93. The Labute approximate surface area is 87.1 Å². The van der Waals surface area contributed by atoms with Crippen molar-refractivity contribution in [3.63, 3.8) is 0 Å². The van der Waals surface area contributed by atoms with Crippen LogP contribution < -0.4 is 0 Å². The Morgan fingerprint density at radius 3 is 2.09 bits per heavy atom. The first-order valence-electron chi connectivity index (χ1n) is 4.87. The van der Waals surface area contributed by atoms with Crippen LogP contribution in [0.3, 0.4) is 0 Å². The molecular weight excluding hydrogens is 321 g/mol. The van der Waals surface area contributed by atoms with E-state index in [9.17, 15) is 0 Å². The van der Waals surface area contributed by atoms with Gasteiger partial charge in [0.1, 0.15) is 0 Å². The Kier molecular flexibility index (Phi) is 3.43. The Morgan fingerprint density at radius 2 is 1.73 bits per heavy atom. The van der Waals surface area contributed by atoms with Gasteiger partial charge in [-0.1, -0.05) is 0 Å². The normalized spacial score (nSPS) is 39.6. The topological polar surface area (TPSA) is 0 Å². The molecule has 0 unspecified atom stereocenters. The van der Waals surface area contributed by atoms with E-state index in [1.54, 1.807) is 0 Å². The predicted octanol–water partition coefficient (Wildman–Crippen LogP) is 3.56. The molecule has 1 rings (SSSR count). The molecule has 0 heterocycles. The molecule has 1 aliphatic carbocycles. The summed E-state index contributed by atoms with van der Waals surface area (Å²) >= 11 is 0.993. The molecule has 0 bridgehead atoms. The van der Waals surface area contributed by atoms with E-state index in [0.29, 0.717) is 0 Å². The predicted molar refractivity (Wildman–Crippen MR) is 45.2 cm³/mol. The zero-order valence-electron chi connectivity index (χ0n) is 8.19. The summed E-state index contributed by atoms with van der Waals surface area (Å²) in [4.78, 5) is 0. The van der Waals surface area contributed by atoms with Gasteiger partial charge in [-0.2, -0.15) is 0 Å². The first-order chi connectivity index (χ1) is 5.01. The van der Waals surface area contributed by atoms with Crippen LogP contribution in [-0.2, 0) is 26.1 Å². The van der Waals surface area contributed by atoms with Gasteiger partial charge in [0.2, 0.25) is 0 Å².